The molecule has 0 aliphatic heterocycles. The van der Waals surface area contributed by atoms with Gasteiger partial charge in [-0.1, -0.05) is 0 Å². The van der Waals surface area contributed by atoms with E-state index in [4.69, 9.17) is 81.4 Å². The third kappa shape index (κ3) is 156. The van der Waals surface area contributed by atoms with Crippen molar-refractivity contribution in [1.29, 1.82) is 0 Å². The van der Waals surface area contributed by atoms with Crippen LogP contribution in [0.4, 0.5) is 0 Å². The van der Waals surface area contributed by atoms with Gasteiger partial charge in [0.1, 0.15) is 0 Å². The summed E-state index contributed by atoms with van der Waals surface area (Å²) in [6.07, 6.45) is 0. The zero-order chi connectivity index (χ0) is 39.1. The predicted octanol–water partition coefficient (Wildman–Crippen LogP) is -3.12. The predicted molar refractivity (Wildman–Crippen MR) is 161 cm³/mol. The van der Waals surface area contributed by atoms with Crippen molar-refractivity contribution in [2.45, 2.75) is 34.6 Å². The second-order valence-electron chi connectivity index (χ2n) is 7.92. The fourth-order valence-corrected chi connectivity index (χ4v) is 1.81. The van der Waals surface area contributed by atoms with Crippen LogP contribution in [-0.2, 0) is 43.2 Å². The Kier molecular flexibility index (Phi) is 52.9. The molecule has 0 heterocycles. The van der Waals surface area contributed by atoms with E-state index >= 15 is 0 Å². The number of nitrogens with one attached hydrogen (secondary N) is 1. The highest BCUT2D eigenvalue weighted by molar-refractivity contribution is 5.73. The van der Waals surface area contributed by atoms with Crippen LogP contribution < -0.4 is 16.8 Å². The van der Waals surface area contributed by atoms with Gasteiger partial charge in [-0.15, -0.1) is 0 Å². The summed E-state index contributed by atoms with van der Waals surface area (Å²) in [7, 11) is 0. The SMILES string of the molecule is CC(=O)O.CC(=O)O.CC(=O)O.CC(=O)O.CC(=O)O.NCCNCCN.O=C(O)CN(CCN(CC(=O)O)CC(=O)O)CC(=O)O. The number of nitrogens with zero attached hydrogens (tertiary/aromatic N) is 2. The third-order valence-electron chi connectivity index (χ3n) is 2.81. The first-order valence-electron chi connectivity index (χ1n) is 12.7. The van der Waals surface area contributed by atoms with Crippen molar-refractivity contribution < 1.29 is 89.1 Å². The quantitative estimate of drug-likeness (QED) is 0.0753. The third-order valence-corrected chi connectivity index (χ3v) is 2.81. The number of carboxylic acids is 9. The molecule has 0 fully saturated rings. The highest BCUT2D eigenvalue weighted by Crippen LogP contribution is 1.94. The second-order valence-corrected chi connectivity index (χ2v) is 7.92. The zero-order valence-electron chi connectivity index (χ0n) is 26.8. The second kappa shape index (κ2) is 43.2. The summed E-state index contributed by atoms with van der Waals surface area (Å²) >= 11 is 0. The Morgan fingerprint density at radius 3 is 0.681 bits per heavy atom. The summed E-state index contributed by atoms with van der Waals surface area (Å²) in [6, 6.07) is 0. The van der Waals surface area contributed by atoms with E-state index in [1.165, 1.54) is 0 Å². The van der Waals surface area contributed by atoms with Gasteiger partial charge in [0, 0.05) is 73.9 Å². The molecule has 0 amide bonds. The number of nitrogens with two attached hydrogens (primary N) is 2. The van der Waals surface area contributed by atoms with Crippen LogP contribution in [0.25, 0.3) is 0 Å². The molecule has 278 valence electrons. The van der Waals surface area contributed by atoms with Crippen LogP contribution in [0.1, 0.15) is 34.6 Å². The van der Waals surface area contributed by atoms with Crippen molar-refractivity contribution in [2.24, 2.45) is 11.5 Å². The molecule has 23 nitrogen and oxygen atoms in total. The average Bonchev–Trinajstić information content (AvgIpc) is 2.80. The number of hydrogen-bond acceptors (Lipinski definition) is 14. The van der Waals surface area contributed by atoms with E-state index in [1.54, 1.807) is 0 Å². The Hall–Kier alpha value is -4.97. The van der Waals surface area contributed by atoms with Gasteiger partial charge in [0.15, 0.2) is 0 Å². The number of rotatable bonds is 15. The maximum atomic E-state index is 10.6. The van der Waals surface area contributed by atoms with E-state index in [0.717, 1.165) is 57.5 Å². The van der Waals surface area contributed by atoms with Crippen molar-refractivity contribution in [2.75, 3.05) is 65.4 Å². The molecule has 23 heteroatoms. The summed E-state index contributed by atoms with van der Waals surface area (Å²) in [5.74, 6) is -9.08. The van der Waals surface area contributed by atoms with Gasteiger partial charge in [-0.05, 0) is 0 Å². The summed E-state index contributed by atoms with van der Waals surface area (Å²) in [6.45, 7) is 6.30. The number of aliphatic carboxylic acids is 9. The van der Waals surface area contributed by atoms with Gasteiger partial charge in [0.2, 0.25) is 0 Å². The van der Waals surface area contributed by atoms with Crippen LogP contribution in [0.2, 0.25) is 0 Å². The minimum Gasteiger partial charge on any atom is -0.481 e. The average molecular weight is 696 g/mol. The van der Waals surface area contributed by atoms with Crippen LogP contribution in [0.15, 0.2) is 0 Å². The van der Waals surface area contributed by atoms with Crippen molar-refractivity contribution in [3.63, 3.8) is 0 Å². The number of hydrogen-bond donors (Lipinski definition) is 12. The molecule has 0 aromatic carbocycles. The molecule has 0 unspecified atom stereocenters. The van der Waals surface area contributed by atoms with Gasteiger partial charge in [-0.2, -0.15) is 0 Å². The Morgan fingerprint density at radius 1 is 0.426 bits per heavy atom. The lowest BCUT2D eigenvalue weighted by atomic mass is 10.4. The van der Waals surface area contributed by atoms with E-state index in [1.807, 2.05) is 0 Å². The van der Waals surface area contributed by atoms with E-state index in [-0.39, 0.29) is 13.1 Å². The van der Waals surface area contributed by atoms with Gasteiger partial charge < -0.3 is 62.7 Å². The molecule has 0 saturated heterocycles. The van der Waals surface area contributed by atoms with E-state index < -0.39 is 79.9 Å². The molecule has 0 aromatic heterocycles. The molecular formula is C24H49N5O18. The van der Waals surface area contributed by atoms with Crippen LogP contribution in [0, 0.1) is 0 Å². The van der Waals surface area contributed by atoms with Crippen LogP contribution in [0.3, 0.4) is 0 Å². The van der Waals surface area contributed by atoms with E-state index in [0.29, 0.717) is 13.1 Å². The van der Waals surface area contributed by atoms with Crippen LogP contribution in [0.5, 0.6) is 0 Å². The molecule has 0 spiro atoms. The van der Waals surface area contributed by atoms with Crippen molar-refractivity contribution in [1.82, 2.24) is 15.1 Å². The molecule has 0 rings (SSSR count). The molecule has 14 N–H and O–H groups in total. The van der Waals surface area contributed by atoms with E-state index in [2.05, 4.69) is 5.32 Å². The fraction of sp³-hybridized carbons (Fsp3) is 0.625. The van der Waals surface area contributed by atoms with Crippen molar-refractivity contribution in [3.05, 3.63) is 0 Å². The molecule has 0 atom stereocenters. The molecular weight excluding hydrogens is 646 g/mol. The lowest BCUT2D eigenvalue weighted by Gasteiger charge is -2.23. The van der Waals surface area contributed by atoms with Gasteiger partial charge in [-0.25, -0.2) is 0 Å². The zero-order valence-corrected chi connectivity index (χ0v) is 26.8. The molecule has 0 aliphatic carbocycles. The van der Waals surface area contributed by atoms with Crippen LogP contribution in [-0.4, -0.2) is 175 Å². The molecule has 0 radical (unpaired) electrons. The van der Waals surface area contributed by atoms with Gasteiger partial charge in [-0.3, -0.25) is 53.0 Å². The normalized spacial score (nSPS) is 8.62. The monoisotopic (exact) mass is 695 g/mol. The lowest BCUT2D eigenvalue weighted by Crippen LogP contribution is -2.43. The lowest BCUT2D eigenvalue weighted by molar-refractivity contribution is -0.145. The Morgan fingerprint density at radius 2 is 0.574 bits per heavy atom. The Balaban J connectivity index is -0.0000000962. The Bertz CT molecular complexity index is 740. The molecule has 0 aromatic rings. The standard InChI is InChI=1S/C10H16N2O8.C4H13N3.5C2H4O2/c13-7(14)3-11(4-8(15)16)1-2-12(5-9(17)18)6-10(19)20;5-1-3-7-4-2-6;5*1-2(3)4/h1-6H2,(H,13,14)(H,15,16)(H,17,18)(H,19,20);7H,1-6H2;5*1H3,(H,3,4). The maximum absolute atomic E-state index is 10.6. The highest BCUT2D eigenvalue weighted by Gasteiger charge is 2.18. The van der Waals surface area contributed by atoms with Crippen molar-refractivity contribution >= 4 is 53.7 Å². The minimum atomic E-state index is -1.23. The Labute approximate surface area is 270 Å². The molecule has 0 aliphatic rings. The van der Waals surface area contributed by atoms with Gasteiger partial charge >= 0.3 is 23.9 Å². The van der Waals surface area contributed by atoms with Crippen molar-refractivity contribution in [3.8, 4) is 0 Å². The summed E-state index contributed by atoms with van der Waals surface area (Å²) in [5, 5.41) is 74.6. The molecule has 0 saturated carbocycles. The molecule has 0 bridgehead atoms. The van der Waals surface area contributed by atoms with E-state index in [9.17, 15) is 19.2 Å². The highest BCUT2D eigenvalue weighted by atomic mass is 16.4. The first-order valence-corrected chi connectivity index (χ1v) is 12.7. The smallest absolute Gasteiger partial charge is 0.317 e. The maximum Gasteiger partial charge on any atom is 0.317 e. The largest absolute Gasteiger partial charge is 0.481 e. The first-order chi connectivity index (χ1) is 21.3. The first kappa shape index (κ1) is 57.7. The van der Waals surface area contributed by atoms with Gasteiger partial charge in [0.25, 0.3) is 29.8 Å². The summed E-state index contributed by atoms with van der Waals surface area (Å²) in [5.41, 5.74) is 10.3. The topological polar surface area (TPSA) is 406 Å². The summed E-state index contributed by atoms with van der Waals surface area (Å²) in [4.78, 5) is 89.4. The number of carboxylic acid groups (broad SMARTS) is 9. The van der Waals surface area contributed by atoms with Gasteiger partial charge in [0.05, 0.1) is 26.2 Å². The fourth-order valence-electron chi connectivity index (χ4n) is 1.81. The van der Waals surface area contributed by atoms with Crippen LogP contribution >= 0.6 is 0 Å². The minimum absolute atomic E-state index is 0.0703. The summed E-state index contributed by atoms with van der Waals surface area (Å²) < 4.78 is 0. The molecule has 47 heavy (non-hydrogen) atoms. The number of carbonyl (C=O) groups is 9.